The molecule has 0 unspecified atom stereocenters. The van der Waals surface area contributed by atoms with Gasteiger partial charge in [0.1, 0.15) is 5.75 Å². The van der Waals surface area contributed by atoms with Crippen molar-refractivity contribution < 1.29 is 5.11 Å². The largest absolute Gasteiger partial charge is 0.506 e. The molecule has 6 heteroatoms. The smallest absolute Gasteiger partial charge is 0.141 e. The Morgan fingerprint density at radius 3 is 2.19 bits per heavy atom. The van der Waals surface area contributed by atoms with E-state index in [1.54, 1.807) is 0 Å². The number of hydrogen-bond acceptors (Lipinski definition) is 6. The SMILES string of the molecule is Cc1ncc(CCCN2CC34CN(C)CC3(CN(C)C4)C2)c(CN)c1O. The summed E-state index contributed by atoms with van der Waals surface area (Å²) in [5, 5.41) is 10.2. The molecule has 6 nitrogen and oxygen atoms in total. The normalized spacial score (nSPS) is 32.3. The quantitative estimate of drug-likeness (QED) is 0.805. The van der Waals surface area contributed by atoms with Gasteiger partial charge in [-0.3, -0.25) is 4.98 Å². The first-order valence-corrected chi connectivity index (χ1v) is 9.84. The summed E-state index contributed by atoms with van der Waals surface area (Å²) in [7, 11) is 4.56. The molecule has 0 aliphatic carbocycles. The van der Waals surface area contributed by atoms with E-state index in [2.05, 4.69) is 33.8 Å². The highest BCUT2D eigenvalue weighted by molar-refractivity contribution is 5.40. The third-order valence-corrected chi connectivity index (χ3v) is 7.02. The van der Waals surface area contributed by atoms with Crippen LogP contribution in [0.1, 0.15) is 23.2 Å². The highest BCUT2D eigenvalue weighted by atomic mass is 16.3. The molecule has 3 aliphatic heterocycles. The van der Waals surface area contributed by atoms with Gasteiger partial charge in [0, 0.05) is 68.4 Å². The maximum atomic E-state index is 10.2. The fraction of sp³-hybridized carbons (Fsp3) is 0.750. The molecular weight excluding hydrogens is 326 g/mol. The van der Waals surface area contributed by atoms with E-state index in [4.69, 9.17) is 5.73 Å². The second-order valence-electron chi connectivity index (χ2n) is 9.12. The molecule has 3 aliphatic rings. The molecule has 1 aromatic heterocycles. The topological polar surface area (TPSA) is 68.9 Å². The van der Waals surface area contributed by atoms with Gasteiger partial charge in [-0.05, 0) is 46.0 Å². The number of pyridine rings is 1. The van der Waals surface area contributed by atoms with Crippen molar-refractivity contribution in [3.63, 3.8) is 0 Å². The molecule has 0 bridgehead atoms. The third kappa shape index (κ3) is 2.74. The van der Waals surface area contributed by atoms with Gasteiger partial charge in [-0.2, -0.15) is 0 Å². The fourth-order valence-corrected chi connectivity index (χ4v) is 6.18. The minimum Gasteiger partial charge on any atom is -0.506 e. The summed E-state index contributed by atoms with van der Waals surface area (Å²) in [5.41, 5.74) is 9.42. The predicted molar refractivity (Wildman–Crippen MR) is 103 cm³/mol. The van der Waals surface area contributed by atoms with Crippen molar-refractivity contribution in [1.82, 2.24) is 19.7 Å². The van der Waals surface area contributed by atoms with Gasteiger partial charge in [0.15, 0.2) is 0 Å². The maximum absolute atomic E-state index is 10.2. The molecule has 0 saturated carbocycles. The number of hydrogen-bond donors (Lipinski definition) is 2. The van der Waals surface area contributed by atoms with Crippen molar-refractivity contribution in [2.45, 2.75) is 26.3 Å². The van der Waals surface area contributed by atoms with Gasteiger partial charge in [0.2, 0.25) is 0 Å². The summed E-state index contributed by atoms with van der Waals surface area (Å²) in [6.07, 6.45) is 3.92. The average Bonchev–Trinajstić information content (AvgIpc) is 3.05. The second-order valence-corrected chi connectivity index (χ2v) is 9.12. The van der Waals surface area contributed by atoms with Crippen LogP contribution in [0.2, 0.25) is 0 Å². The molecule has 3 fully saturated rings. The summed E-state index contributed by atoms with van der Waals surface area (Å²) < 4.78 is 0. The summed E-state index contributed by atoms with van der Waals surface area (Å²) >= 11 is 0. The van der Waals surface area contributed by atoms with E-state index in [1.165, 1.54) is 39.3 Å². The van der Waals surface area contributed by atoms with E-state index >= 15 is 0 Å². The summed E-state index contributed by atoms with van der Waals surface area (Å²) in [6.45, 7) is 10.7. The van der Waals surface area contributed by atoms with Crippen LogP contribution in [-0.2, 0) is 13.0 Å². The van der Waals surface area contributed by atoms with Crippen LogP contribution >= 0.6 is 0 Å². The van der Waals surface area contributed by atoms with Gasteiger partial charge >= 0.3 is 0 Å². The van der Waals surface area contributed by atoms with Crippen LogP contribution < -0.4 is 5.73 Å². The van der Waals surface area contributed by atoms with Gasteiger partial charge < -0.3 is 25.5 Å². The van der Waals surface area contributed by atoms with Crippen LogP contribution in [0.25, 0.3) is 0 Å². The van der Waals surface area contributed by atoms with Crippen LogP contribution in [0.3, 0.4) is 0 Å². The first kappa shape index (κ1) is 18.2. The van der Waals surface area contributed by atoms with Crippen molar-refractivity contribution >= 4 is 0 Å². The van der Waals surface area contributed by atoms with E-state index in [9.17, 15) is 5.11 Å². The molecule has 3 N–H and O–H groups in total. The molecule has 0 atom stereocenters. The van der Waals surface area contributed by atoms with Crippen molar-refractivity contribution in [1.29, 1.82) is 0 Å². The van der Waals surface area contributed by atoms with E-state index in [-0.39, 0.29) is 5.75 Å². The molecule has 4 rings (SSSR count). The predicted octanol–water partition coefficient (Wildman–Crippen LogP) is 0.666. The zero-order valence-electron chi connectivity index (χ0n) is 16.5. The molecule has 0 radical (unpaired) electrons. The van der Waals surface area contributed by atoms with Crippen LogP contribution in [0, 0.1) is 17.8 Å². The molecule has 1 aromatic rings. The number of aromatic hydroxyl groups is 1. The summed E-state index contributed by atoms with van der Waals surface area (Å²) in [6, 6.07) is 0. The lowest BCUT2D eigenvalue weighted by Gasteiger charge is -2.29. The van der Waals surface area contributed by atoms with Gasteiger partial charge in [-0.25, -0.2) is 0 Å². The summed E-state index contributed by atoms with van der Waals surface area (Å²) in [5.74, 6) is 0.277. The molecule has 0 aromatic carbocycles. The average molecular weight is 360 g/mol. The molecule has 144 valence electrons. The van der Waals surface area contributed by atoms with Gasteiger partial charge in [-0.1, -0.05) is 0 Å². The number of nitrogens with two attached hydrogens (primary N) is 1. The Kier molecular flexibility index (Phi) is 4.50. The Morgan fingerprint density at radius 1 is 1.08 bits per heavy atom. The molecular formula is C20H33N5O. The zero-order chi connectivity index (χ0) is 18.5. The van der Waals surface area contributed by atoms with Crippen molar-refractivity contribution in [2.75, 3.05) is 59.9 Å². The number of aryl methyl sites for hydroxylation is 2. The molecule has 0 spiro atoms. The Hall–Kier alpha value is -1.21. The first-order chi connectivity index (χ1) is 12.4. The van der Waals surface area contributed by atoms with E-state index in [0.717, 1.165) is 30.5 Å². The lowest BCUT2D eigenvalue weighted by Crippen LogP contribution is -2.38. The minimum absolute atomic E-state index is 0.277. The van der Waals surface area contributed by atoms with Gasteiger partial charge in [-0.15, -0.1) is 0 Å². The zero-order valence-corrected chi connectivity index (χ0v) is 16.5. The number of rotatable bonds is 5. The Bertz CT molecular complexity index is 653. The standard InChI is InChI=1S/C20H33N5O/c1-15-18(26)17(7-21)16(8-22-15)5-4-6-25-13-19-9-23(2)10-20(19,14-25)12-24(3)11-19/h8,26H,4-7,9-14,21H2,1-3H3. The van der Waals surface area contributed by atoms with E-state index in [1.807, 2.05) is 13.1 Å². The lowest BCUT2D eigenvalue weighted by molar-refractivity contribution is 0.189. The van der Waals surface area contributed by atoms with Crippen molar-refractivity contribution in [2.24, 2.45) is 16.6 Å². The second kappa shape index (κ2) is 6.44. The first-order valence-electron chi connectivity index (χ1n) is 9.84. The van der Waals surface area contributed by atoms with Crippen LogP contribution in [0.15, 0.2) is 6.20 Å². The minimum atomic E-state index is 0.277. The highest BCUT2D eigenvalue weighted by Gasteiger charge is 2.65. The molecule has 26 heavy (non-hydrogen) atoms. The Morgan fingerprint density at radius 2 is 1.65 bits per heavy atom. The lowest BCUT2D eigenvalue weighted by atomic mass is 9.71. The monoisotopic (exact) mass is 359 g/mol. The fourth-order valence-electron chi connectivity index (χ4n) is 6.18. The molecule has 0 amide bonds. The Labute approximate surface area is 157 Å². The highest BCUT2D eigenvalue weighted by Crippen LogP contribution is 2.55. The molecule has 3 saturated heterocycles. The number of aromatic nitrogens is 1. The third-order valence-electron chi connectivity index (χ3n) is 7.02. The van der Waals surface area contributed by atoms with Crippen LogP contribution in [0.4, 0.5) is 0 Å². The van der Waals surface area contributed by atoms with Crippen LogP contribution in [-0.4, -0.2) is 84.7 Å². The van der Waals surface area contributed by atoms with Crippen LogP contribution in [0.5, 0.6) is 5.75 Å². The maximum Gasteiger partial charge on any atom is 0.141 e. The van der Waals surface area contributed by atoms with Crippen molar-refractivity contribution in [3.05, 3.63) is 23.0 Å². The van der Waals surface area contributed by atoms with E-state index < -0.39 is 0 Å². The number of likely N-dealkylation sites (tertiary alicyclic amines) is 3. The van der Waals surface area contributed by atoms with Crippen molar-refractivity contribution in [3.8, 4) is 5.75 Å². The summed E-state index contributed by atoms with van der Waals surface area (Å²) in [4.78, 5) is 12.1. The van der Waals surface area contributed by atoms with Gasteiger partial charge in [0.05, 0.1) is 5.69 Å². The van der Waals surface area contributed by atoms with E-state index in [0.29, 0.717) is 23.1 Å². The van der Waals surface area contributed by atoms with Gasteiger partial charge in [0.25, 0.3) is 0 Å². The Balaban J connectivity index is 1.39. The molecule has 4 heterocycles. The number of nitrogens with zero attached hydrogens (tertiary/aromatic N) is 4.